The van der Waals surface area contributed by atoms with Crippen LogP contribution in [0.5, 0.6) is 0 Å². The molecule has 0 spiro atoms. The van der Waals surface area contributed by atoms with Crippen LogP contribution in [0.25, 0.3) is 22.5 Å². The Morgan fingerprint density at radius 1 is 0.818 bits per heavy atom. The molecule has 0 saturated carbocycles. The highest BCUT2D eigenvalue weighted by molar-refractivity contribution is 5.76. The number of pyridine rings is 1. The van der Waals surface area contributed by atoms with E-state index in [1.807, 2.05) is 54.1 Å². The van der Waals surface area contributed by atoms with Crippen LogP contribution in [-0.2, 0) is 20.3 Å². The van der Waals surface area contributed by atoms with E-state index in [2.05, 4.69) is 4.98 Å². The number of benzene rings is 1. The van der Waals surface area contributed by atoms with Gasteiger partial charge in [-0.25, -0.2) is 0 Å². The first-order chi connectivity index (χ1) is 10.8. The van der Waals surface area contributed by atoms with Gasteiger partial charge in [0.1, 0.15) is 0 Å². The summed E-state index contributed by atoms with van der Waals surface area (Å²) in [6.07, 6.45) is 3.45. The van der Waals surface area contributed by atoms with Crippen molar-refractivity contribution in [2.45, 2.75) is 13.2 Å². The van der Waals surface area contributed by atoms with Crippen molar-refractivity contribution in [3.8, 4) is 22.5 Å². The number of aliphatic hydroxyl groups is 2. The lowest BCUT2D eigenvalue weighted by Gasteiger charge is -2.09. The zero-order valence-corrected chi connectivity index (χ0v) is 12.4. The van der Waals surface area contributed by atoms with Gasteiger partial charge < -0.3 is 14.8 Å². The lowest BCUT2D eigenvalue weighted by atomic mass is 10.0. The molecule has 0 aliphatic heterocycles. The minimum absolute atomic E-state index is 0.112. The molecule has 4 heteroatoms. The number of nitrogens with zero attached hydrogens (tertiary/aromatic N) is 2. The van der Waals surface area contributed by atoms with Crippen LogP contribution in [0.2, 0.25) is 0 Å². The molecule has 2 heterocycles. The molecule has 112 valence electrons. The van der Waals surface area contributed by atoms with Crippen molar-refractivity contribution in [2.24, 2.45) is 7.05 Å². The predicted molar refractivity (Wildman–Crippen MR) is 85.9 cm³/mol. The number of hydrogen-bond acceptors (Lipinski definition) is 3. The summed E-state index contributed by atoms with van der Waals surface area (Å²) >= 11 is 0. The SMILES string of the molecule is Cn1c(-c2ccccc2)c(CO)c(CO)c1-c1ccncc1. The normalized spacial score (nSPS) is 10.9. The Labute approximate surface area is 129 Å². The van der Waals surface area contributed by atoms with Gasteiger partial charge in [-0.1, -0.05) is 30.3 Å². The maximum atomic E-state index is 9.84. The van der Waals surface area contributed by atoms with E-state index in [9.17, 15) is 10.2 Å². The molecule has 2 aromatic heterocycles. The smallest absolute Gasteiger partial charge is 0.0706 e. The van der Waals surface area contributed by atoms with Gasteiger partial charge in [0.15, 0.2) is 0 Å². The Kier molecular flexibility index (Phi) is 4.04. The van der Waals surface area contributed by atoms with E-state index in [-0.39, 0.29) is 13.2 Å². The summed E-state index contributed by atoms with van der Waals surface area (Å²) in [5.74, 6) is 0. The molecular weight excluding hydrogens is 276 g/mol. The molecule has 0 atom stereocenters. The average Bonchev–Trinajstić information content (AvgIpc) is 2.88. The molecule has 1 aromatic carbocycles. The van der Waals surface area contributed by atoms with Crippen molar-refractivity contribution in [3.05, 3.63) is 66.0 Å². The van der Waals surface area contributed by atoms with Crippen LogP contribution in [0.3, 0.4) is 0 Å². The summed E-state index contributed by atoms with van der Waals surface area (Å²) in [7, 11) is 1.95. The molecule has 0 amide bonds. The molecular formula is C18H18N2O2. The topological polar surface area (TPSA) is 58.3 Å². The fourth-order valence-electron chi connectivity index (χ4n) is 2.98. The van der Waals surface area contributed by atoms with Crippen molar-refractivity contribution >= 4 is 0 Å². The van der Waals surface area contributed by atoms with Gasteiger partial charge in [0, 0.05) is 36.1 Å². The Morgan fingerprint density at radius 2 is 1.32 bits per heavy atom. The van der Waals surface area contributed by atoms with Crippen molar-refractivity contribution in [3.63, 3.8) is 0 Å². The molecule has 0 bridgehead atoms. The minimum atomic E-state index is -0.117. The zero-order chi connectivity index (χ0) is 15.5. The van der Waals surface area contributed by atoms with Crippen LogP contribution in [0, 0.1) is 0 Å². The zero-order valence-electron chi connectivity index (χ0n) is 12.4. The molecule has 3 rings (SSSR count). The molecule has 3 aromatic rings. The van der Waals surface area contributed by atoms with E-state index in [0.29, 0.717) is 0 Å². The summed E-state index contributed by atoms with van der Waals surface area (Å²) in [5.41, 5.74) is 5.35. The molecule has 0 unspecified atom stereocenters. The van der Waals surface area contributed by atoms with E-state index in [1.165, 1.54) is 0 Å². The van der Waals surface area contributed by atoms with Crippen LogP contribution >= 0.6 is 0 Å². The molecule has 0 aliphatic carbocycles. The molecule has 0 aliphatic rings. The van der Waals surface area contributed by atoms with Crippen LogP contribution in [0.1, 0.15) is 11.1 Å². The fraction of sp³-hybridized carbons (Fsp3) is 0.167. The van der Waals surface area contributed by atoms with Gasteiger partial charge in [0.05, 0.1) is 24.6 Å². The van der Waals surface area contributed by atoms with Gasteiger partial charge in [-0.2, -0.15) is 0 Å². The summed E-state index contributed by atoms with van der Waals surface area (Å²) in [6, 6.07) is 13.7. The minimum Gasteiger partial charge on any atom is -0.392 e. The monoisotopic (exact) mass is 294 g/mol. The highest BCUT2D eigenvalue weighted by Crippen LogP contribution is 2.36. The molecule has 22 heavy (non-hydrogen) atoms. The Hall–Kier alpha value is -2.43. The second-order valence-electron chi connectivity index (χ2n) is 5.13. The Balaban J connectivity index is 2.31. The largest absolute Gasteiger partial charge is 0.392 e. The van der Waals surface area contributed by atoms with E-state index in [1.54, 1.807) is 12.4 Å². The standard InChI is InChI=1S/C18H18N2O2/c1-20-17(13-5-3-2-4-6-13)15(11-21)16(12-22)18(20)14-7-9-19-10-8-14/h2-10,21-22H,11-12H2,1H3. The fourth-order valence-corrected chi connectivity index (χ4v) is 2.98. The van der Waals surface area contributed by atoms with Crippen LogP contribution in [-0.4, -0.2) is 19.8 Å². The van der Waals surface area contributed by atoms with Crippen LogP contribution in [0.4, 0.5) is 0 Å². The quantitative estimate of drug-likeness (QED) is 0.778. The lowest BCUT2D eigenvalue weighted by Crippen LogP contribution is -1.96. The highest BCUT2D eigenvalue weighted by Gasteiger charge is 2.21. The van der Waals surface area contributed by atoms with Crippen molar-refractivity contribution < 1.29 is 10.2 Å². The summed E-state index contributed by atoms with van der Waals surface area (Å²) in [5, 5.41) is 19.7. The summed E-state index contributed by atoms with van der Waals surface area (Å²) in [4.78, 5) is 4.04. The maximum absolute atomic E-state index is 9.84. The second kappa shape index (κ2) is 6.13. The third kappa shape index (κ3) is 2.32. The van der Waals surface area contributed by atoms with E-state index in [4.69, 9.17) is 0 Å². The van der Waals surface area contributed by atoms with Crippen molar-refractivity contribution in [1.29, 1.82) is 0 Å². The van der Waals surface area contributed by atoms with Gasteiger partial charge >= 0.3 is 0 Å². The molecule has 4 nitrogen and oxygen atoms in total. The third-order valence-electron chi connectivity index (χ3n) is 3.92. The molecule has 0 saturated heterocycles. The number of rotatable bonds is 4. The van der Waals surface area contributed by atoms with Crippen molar-refractivity contribution in [2.75, 3.05) is 0 Å². The highest BCUT2D eigenvalue weighted by atomic mass is 16.3. The molecule has 0 radical (unpaired) electrons. The third-order valence-corrected chi connectivity index (χ3v) is 3.92. The van der Waals surface area contributed by atoms with Gasteiger partial charge in [-0.15, -0.1) is 0 Å². The Morgan fingerprint density at radius 3 is 1.82 bits per heavy atom. The molecule has 0 fully saturated rings. The molecule has 2 N–H and O–H groups in total. The Bertz CT molecular complexity index is 700. The van der Waals surface area contributed by atoms with Crippen molar-refractivity contribution in [1.82, 2.24) is 9.55 Å². The van der Waals surface area contributed by atoms with Gasteiger partial charge in [0.2, 0.25) is 0 Å². The number of aliphatic hydroxyl groups excluding tert-OH is 2. The van der Waals surface area contributed by atoms with E-state index < -0.39 is 0 Å². The number of hydrogen-bond donors (Lipinski definition) is 2. The first kappa shape index (κ1) is 14.5. The average molecular weight is 294 g/mol. The first-order valence-corrected chi connectivity index (χ1v) is 7.16. The predicted octanol–water partition coefficient (Wildman–Crippen LogP) is 2.74. The first-order valence-electron chi connectivity index (χ1n) is 7.16. The van der Waals surface area contributed by atoms with Gasteiger partial charge in [-0.05, 0) is 17.7 Å². The lowest BCUT2D eigenvalue weighted by molar-refractivity contribution is 0.262. The number of aromatic nitrogens is 2. The maximum Gasteiger partial charge on any atom is 0.0706 e. The van der Waals surface area contributed by atoms with Gasteiger partial charge in [-0.3, -0.25) is 4.98 Å². The summed E-state index contributed by atoms with van der Waals surface area (Å²) in [6.45, 7) is -0.229. The van der Waals surface area contributed by atoms with Gasteiger partial charge in [0.25, 0.3) is 0 Å². The van der Waals surface area contributed by atoms with E-state index >= 15 is 0 Å². The van der Waals surface area contributed by atoms with Crippen LogP contribution in [0.15, 0.2) is 54.9 Å². The summed E-state index contributed by atoms with van der Waals surface area (Å²) < 4.78 is 2.03. The van der Waals surface area contributed by atoms with Crippen LogP contribution < -0.4 is 0 Å². The second-order valence-corrected chi connectivity index (χ2v) is 5.13. The van der Waals surface area contributed by atoms with E-state index in [0.717, 1.165) is 33.6 Å².